The number of benzene rings is 1. The molecule has 3 aliphatic rings. The summed E-state index contributed by atoms with van der Waals surface area (Å²) in [6.45, 7) is 8.10. The van der Waals surface area contributed by atoms with Crippen molar-refractivity contribution in [3.8, 4) is 0 Å². The maximum atomic E-state index is 13.4. The quantitative estimate of drug-likeness (QED) is 0.368. The van der Waals surface area contributed by atoms with Gasteiger partial charge in [-0.2, -0.15) is 13.2 Å². The molecule has 2 aliphatic heterocycles. The van der Waals surface area contributed by atoms with Crippen molar-refractivity contribution < 1.29 is 18.0 Å². The minimum absolute atomic E-state index is 0.0767. The fourth-order valence-corrected chi connectivity index (χ4v) is 7.49. The Morgan fingerprint density at radius 3 is 2.37 bits per heavy atom. The third-order valence-corrected chi connectivity index (χ3v) is 9.94. The Bertz CT molecular complexity index is 1660. The normalized spacial score (nSPS) is 23.0. The van der Waals surface area contributed by atoms with Gasteiger partial charge >= 0.3 is 6.18 Å². The van der Waals surface area contributed by atoms with Crippen LogP contribution in [-0.2, 0) is 17.6 Å². The first-order chi connectivity index (χ1) is 21.9. The number of nitrogens with zero attached hydrogens (tertiary/aromatic N) is 4. The van der Waals surface area contributed by atoms with Crippen LogP contribution in [0.4, 0.5) is 36.1 Å². The first-order valence-electron chi connectivity index (χ1n) is 16.1. The number of hydrogen-bond donors (Lipinski definition) is 2. The van der Waals surface area contributed by atoms with Crippen LogP contribution in [0.15, 0.2) is 46.1 Å². The second-order valence-electron chi connectivity index (χ2n) is 13.2. The Morgan fingerprint density at radius 1 is 0.978 bits per heavy atom. The standard InChI is InChI=1S/C34H41F3N6O3/c1-20-14-26(40-29-28(30(44)31(29)45)39-19-34(35,36)37)16-38-32(20)43-18-21(2)42(17-22(43)3)27-10-12-41(13-11-27)33(46)25-9-8-23-6-4-5-7-24(23)15-25/h4-7,14,16,21-22,25,27,39-40H,8-13,15,17-19H2,1-3H3/t21-,22+,25?/m1/s1. The van der Waals surface area contributed by atoms with Crippen LogP contribution in [-0.4, -0.2) is 77.7 Å². The number of carbonyl (C=O) groups excluding carboxylic acids is 1. The van der Waals surface area contributed by atoms with Crippen LogP contribution in [0.25, 0.3) is 0 Å². The van der Waals surface area contributed by atoms with Gasteiger partial charge in [0.2, 0.25) is 5.91 Å². The highest BCUT2D eigenvalue weighted by atomic mass is 19.4. The van der Waals surface area contributed by atoms with Crippen molar-refractivity contribution in [1.82, 2.24) is 14.8 Å². The van der Waals surface area contributed by atoms with Crippen LogP contribution in [0, 0.1) is 12.8 Å². The van der Waals surface area contributed by atoms with E-state index in [2.05, 4.69) is 63.1 Å². The van der Waals surface area contributed by atoms with Gasteiger partial charge in [-0.3, -0.25) is 19.3 Å². The molecule has 3 aromatic rings. The number of pyridine rings is 1. The van der Waals surface area contributed by atoms with Crippen molar-refractivity contribution in [3.63, 3.8) is 0 Å². The number of halogens is 3. The van der Waals surface area contributed by atoms with E-state index in [0.29, 0.717) is 17.6 Å². The van der Waals surface area contributed by atoms with E-state index in [4.69, 9.17) is 0 Å². The highest BCUT2D eigenvalue weighted by molar-refractivity contribution is 5.80. The second-order valence-corrected chi connectivity index (χ2v) is 13.2. The number of amides is 1. The Morgan fingerprint density at radius 2 is 1.67 bits per heavy atom. The summed E-state index contributed by atoms with van der Waals surface area (Å²) < 4.78 is 37.9. The maximum absolute atomic E-state index is 13.4. The number of aryl methyl sites for hydroxylation is 2. The van der Waals surface area contributed by atoms with E-state index in [-0.39, 0.29) is 29.4 Å². The Balaban J connectivity index is 1.04. The monoisotopic (exact) mass is 638 g/mol. The zero-order valence-corrected chi connectivity index (χ0v) is 26.5. The Kier molecular flexibility index (Phi) is 8.84. The molecule has 1 unspecified atom stereocenters. The minimum Gasteiger partial charge on any atom is -0.371 e. The molecular formula is C34H41F3N6O3. The Labute approximate surface area is 266 Å². The third-order valence-electron chi connectivity index (χ3n) is 9.94. The van der Waals surface area contributed by atoms with Gasteiger partial charge in [-0.15, -0.1) is 0 Å². The topological polar surface area (TPSA) is 97.9 Å². The number of aromatic nitrogens is 1. The first-order valence-corrected chi connectivity index (χ1v) is 16.1. The maximum Gasteiger partial charge on any atom is 0.405 e. The second kappa shape index (κ2) is 12.7. The number of carbonyl (C=O) groups is 1. The number of fused-ring (bicyclic) bond motifs is 1. The summed E-state index contributed by atoms with van der Waals surface area (Å²) in [5, 5.41) is 4.81. The summed E-state index contributed by atoms with van der Waals surface area (Å²) in [6, 6.07) is 11.1. The van der Waals surface area contributed by atoms with Gasteiger partial charge in [-0.05, 0) is 75.6 Å². The minimum atomic E-state index is -4.52. The van der Waals surface area contributed by atoms with Gasteiger partial charge in [-0.1, -0.05) is 24.3 Å². The van der Waals surface area contributed by atoms with Gasteiger partial charge in [0.05, 0.1) is 11.9 Å². The molecule has 246 valence electrons. The van der Waals surface area contributed by atoms with Crippen molar-refractivity contribution in [3.05, 3.63) is 73.7 Å². The Hall–Kier alpha value is -3.93. The SMILES string of the molecule is Cc1cc(Nc2c(NCC(F)(F)F)c(=O)c2=O)cnc1N1C[C@@H](C)N(C2CCN(C(=O)C3CCc4ccccc4C3)CC2)C[C@@H]1C. The van der Waals surface area contributed by atoms with Crippen molar-refractivity contribution in [2.45, 2.75) is 77.2 Å². The molecule has 0 bridgehead atoms. The average molecular weight is 639 g/mol. The number of likely N-dealkylation sites (tertiary alicyclic amines) is 1. The van der Waals surface area contributed by atoms with Gasteiger partial charge in [0.15, 0.2) is 0 Å². The zero-order valence-electron chi connectivity index (χ0n) is 26.5. The van der Waals surface area contributed by atoms with E-state index in [1.165, 1.54) is 17.3 Å². The molecular weight excluding hydrogens is 597 g/mol. The lowest BCUT2D eigenvalue weighted by molar-refractivity contribution is -0.137. The van der Waals surface area contributed by atoms with E-state index in [1.807, 2.05) is 12.2 Å². The largest absolute Gasteiger partial charge is 0.405 e. The molecule has 1 amide bonds. The molecule has 0 saturated carbocycles. The third kappa shape index (κ3) is 6.49. The smallest absolute Gasteiger partial charge is 0.371 e. The van der Waals surface area contributed by atoms with Crippen molar-refractivity contribution in [1.29, 1.82) is 0 Å². The molecule has 6 rings (SSSR count). The highest BCUT2D eigenvalue weighted by Gasteiger charge is 2.38. The van der Waals surface area contributed by atoms with Crippen molar-refractivity contribution >= 4 is 28.8 Å². The van der Waals surface area contributed by atoms with Gasteiger partial charge < -0.3 is 20.4 Å². The summed E-state index contributed by atoms with van der Waals surface area (Å²) in [4.78, 5) is 48.9. The highest BCUT2D eigenvalue weighted by Crippen LogP contribution is 2.32. The number of alkyl halides is 3. The predicted octanol–water partition coefficient (Wildman–Crippen LogP) is 4.40. The van der Waals surface area contributed by atoms with Crippen LogP contribution in [0.2, 0.25) is 0 Å². The molecule has 1 aliphatic carbocycles. The summed E-state index contributed by atoms with van der Waals surface area (Å²) >= 11 is 0. The van der Waals surface area contributed by atoms with Crippen LogP contribution in [0.3, 0.4) is 0 Å². The number of hydrogen-bond acceptors (Lipinski definition) is 8. The number of rotatable bonds is 7. The lowest BCUT2D eigenvalue weighted by Crippen LogP contribution is -2.61. The van der Waals surface area contributed by atoms with Crippen LogP contribution in [0.5, 0.6) is 0 Å². The molecule has 1 aromatic heterocycles. The molecule has 2 fully saturated rings. The van der Waals surface area contributed by atoms with Gasteiger partial charge in [0.1, 0.15) is 23.7 Å². The first kappa shape index (κ1) is 32.0. The lowest BCUT2D eigenvalue weighted by Gasteiger charge is -2.50. The number of piperazine rings is 1. The van der Waals surface area contributed by atoms with Gasteiger partial charge in [-0.25, -0.2) is 4.98 Å². The van der Waals surface area contributed by atoms with Crippen molar-refractivity contribution in [2.24, 2.45) is 5.92 Å². The molecule has 2 saturated heterocycles. The number of nitrogens with one attached hydrogen (secondary N) is 2. The van der Waals surface area contributed by atoms with Gasteiger partial charge in [0, 0.05) is 50.2 Å². The fourth-order valence-electron chi connectivity index (χ4n) is 7.49. The van der Waals surface area contributed by atoms with Crippen LogP contribution >= 0.6 is 0 Å². The molecule has 3 heterocycles. The molecule has 9 nitrogen and oxygen atoms in total. The van der Waals surface area contributed by atoms with Crippen LogP contribution in [0.1, 0.15) is 49.8 Å². The zero-order chi connectivity index (χ0) is 32.7. The molecule has 46 heavy (non-hydrogen) atoms. The molecule has 2 N–H and O–H groups in total. The lowest BCUT2D eigenvalue weighted by atomic mass is 9.83. The summed E-state index contributed by atoms with van der Waals surface area (Å²) in [7, 11) is 0. The number of piperidine rings is 1. The van der Waals surface area contributed by atoms with E-state index in [0.717, 1.165) is 69.7 Å². The molecule has 12 heteroatoms. The number of anilines is 4. The fraction of sp³-hybridized carbons (Fsp3) is 0.529. The predicted molar refractivity (Wildman–Crippen MR) is 173 cm³/mol. The van der Waals surface area contributed by atoms with E-state index >= 15 is 0 Å². The molecule has 2 aromatic carbocycles. The summed E-state index contributed by atoms with van der Waals surface area (Å²) in [5.41, 5.74) is 1.57. The van der Waals surface area contributed by atoms with Gasteiger partial charge in [0.25, 0.3) is 10.9 Å². The van der Waals surface area contributed by atoms with Crippen molar-refractivity contribution in [2.75, 3.05) is 48.3 Å². The van der Waals surface area contributed by atoms with E-state index < -0.39 is 23.6 Å². The van der Waals surface area contributed by atoms with Crippen LogP contribution < -0.4 is 26.4 Å². The summed E-state index contributed by atoms with van der Waals surface area (Å²) in [5.74, 6) is 1.18. The van der Waals surface area contributed by atoms with E-state index in [1.54, 1.807) is 6.07 Å². The average Bonchev–Trinajstić information content (AvgIpc) is 3.04. The summed E-state index contributed by atoms with van der Waals surface area (Å²) in [6.07, 6.45) is 1.67. The molecule has 0 radical (unpaired) electrons. The van der Waals surface area contributed by atoms with E-state index in [9.17, 15) is 27.6 Å². The molecule has 0 spiro atoms. The molecule has 3 atom stereocenters.